The van der Waals surface area contributed by atoms with E-state index in [4.69, 9.17) is 4.74 Å². The number of H-pyrrole nitrogens is 1. The number of aromatic amines is 1. The van der Waals surface area contributed by atoms with Crippen LogP contribution in [0.15, 0.2) is 70.7 Å². The Hall–Kier alpha value is -3.72. The Balaban J connectivity index is 1.49. The molecule has 2 aromatic carbocycles. The smallest absolute Gasteiger partial charge is 0.253 e. The summed E-state index contributed by atoms with van der Waals surface area (Å²) in [6.07, 6.45) is 3.07. The van der Waals surface area contributed by atoms with Gasteiger partial charge in [0.1, 0.15) is 10.6 Å². The van der Waals surface area contributed by atoms with Crippen LogP contribution < -0.4 is 10.1 Å². The SMILES string of the molecule is COc1ccc(C)cc1S(=O)(=O)c1ccc(CNC(=O)c2cnc3[nH]ncc3c2)cc1. The lowest BCUT2D eigenvalue weighted by Gasteiger charge is -2.11. The molecule has 0 saturated carbocycles. The van der Waals surface area contributed by atoms with Crippen molar-refractivity contribution in [3.05, 3.63) is 77.6 Å². The monoisotopic (exact) mass is 436 g/mol. The van der Waals surface area contributed by atoms with E-state index in [2.05, 4.69) is 20.5 Å². The fourth-order valence-corrected chi connectivity index (χ4v) is 4.66. The zero-order valence-electron chi connectivity index (χ0n) is 16.9. The molecule has 4 aromatic rings. The number of nitrogens with zero attached hydrogens (tertiary/aromatic N) is 2. The van der Waals surface area contributed by atoms with Crippen LogP contribution in [-0.4, -0.2) is 36.6 Å². The van der Waals surface area contributed by atoms with E-state index in [1.54, 1.807) is 42.6 Å². The second-order valence-corrected chi connectivity index (χ2v) is 8.93. The summed E-state index contributed by atoms with van der Waals surface area (Å²) in [5.41, 5.74) is 2.61. The van der Waals surface area contributed by atoms with E-state index in [1.165, 1.54) is 25.4 Å². The van der Waals surface area contributed by atoms with Gasteiger partial charge in [-0.1, -0.05) is 18.2 Å². The van der Waals surface area contributed by atoms with Crippen molar-refractivity contribution in [3.63, 3.8) is 0 Å². The topological polar surface area (TPSA) is 114 Å². The van der Waals surface area contributed by atoms with Crippen LogP contribution in [0.2, 0.25) is 0 Å². The van der Waals surface area contributed by atoms with Crippen molar-refractivity contribution in [2.75, 3.05) is 7.11 Å². The number of sulfone groups is 1. The van der Waals surface area contributed by atoms with Crippen molar-refractivity contribution in [1.82, 2.24) is 20.5 Å². The van der Waals surface area contributed by atoms with E-state index in [0.717, 1.165) is 16.5 Å². The molecule has 2 N–H and O–H groups in total. The molecule has 2 aromatic heterocycles. The molecule has 158 valence electrons. The summed E-state index contributed by atoms with van der Waals surface area (Å²) >= 11 is 0. The number of nitrogens with one attached hydrogen (secondary N) is 2. The highest BCUT2D eigenvalue weighted by Crippen LogP contribution is 2.30. The first kappa shape index (κ1) is 20.5. The third kappa shape index (κ3) is 4.13. The van der Waals surface area contributed by atoms with Gasteiger partial charge in [0.2, 0.25) is 9.84 Å². The minimum atomic E-state index is -3.74. The standard InChI is InChI=1S/C22H20N4O4S/c1-14-3-8-19(30-2)20(9-14)31(28,29)18-6-4-15(5-7-18)11-24-22(27)17-10-16-13-25-26-21(16)23-12-17/h3-10,12-13H,11H2,1-2H3,(H,24,27)(H,23,25,26). The molecular weight excluding hydrogens is 416 g/mol. The molecule has 0 aliphatic rings. The number of amides is 1. The molecule has 0 aliphatic carbocycles. The van der Waals surface area contributed by atoms with Crippen LogP contribution in [0.25, 0.3) is 11.0 Å². The van der Waals surface area contributed by atoms with Gasteiger partial charge in [0.25, 0.3) is 5.91 Å². The Morgan fingerprint density at radius 3 is 2.61 bits per heavy atom. The first-order valence-electron chi connectivity index (χ1n) is 9.44. The number of hydrogen-bond acceptors (Lipinski definition) is 6. The van der Waals surface area contributed by atoms with Crippen LogP contribution in [-0.2, 0) is 16.4 Å². The van der Waals surface area contributed by atoms with Crippen LogP contribution in [0.3, 0.4) is 0 Å². The molecule has 31 heavy (non-hydrogen) atoms. The predicted octanol–water partition coefficient (Wildman–Crippen LogP) is 3.04. The quantitative estimate of drug-likeness (QED) is 0.480. The Morgan fingerprint density at radius 1 is 1.10 bits per heavy atom. The van der Waals surface area contributed by atoms with Gasteiger partial charge in [-0.2, -0.15) is 5.10 Å². The lowest BCUT2D eigenvalue weighted by molar-refractivity contribution is 0.0950. The number of pyridine rings is 1. The molecule has 0 aliphatic heterocycles. The third-order valence-corrected chi connectivity index (χ3v) is 6.64. The van der Waals surface area contributed by atoms with Gasteiger partial charge in [-0.3, -0.25) is 9.89 Å². The largest absolute Gasteiger partial charge is 0.495 e. The number of ether oxygens (including phenoxy) is 1. The molecule has 0 fully saturated rings. The summed E-state index contributed by atoms with van der Waals surface area (Å²) < 4.78 is 31.3. The van der Waals surface area contributed by atoms with Gasteiger partial charge in [0.15, 0.2) is 5.65 Å². The molecule has 0 radical (unpaired) electrons. The molecule has 2 heterocycles. The van der Waals surface area contributed by atoms with Crippen molar-refractivity contribution in [1.29, 1.82) is 0 Å². The minimum absolute atomic E-state index is 0.123. The predicted molar refractivity (Wildman–Crippen MR) is 115 cm³/mol. The fraction of sp³-hybridized carbons (Fsp3) is 0.136. The maximum atomic E-state index is 13.0. The lowest BCUT2D eigenvalue weighted by atomic mass is 10.2. The Kier molecular flexibility index (Phi) is 5.43. The highest BCUT2D eigenvalue weighted by Gasteiger charge is 2.22. The van der Waals surface area contributed by atoms with E-state index in [9.17, 15) is 13.2 Å². The second-order valence-electron chi connectivity index (χ2n) is 7.02. The first-order chi connectivity index (χ1) is 14.9. The molecule has 4 rings (SSSR count). The second kappa shape index (κ2) is 8.19. The molecule has 0 spiro atoms. The third-order valence-electron chi connectivity index (χ3n) is 4.85. The highest BCUT2D eigenvalue weighted by atomic mass is 32.2. The van der Waals surface area contributed by atoms with E-state index >= 15 is 0 Å². The average Bonchev–Trinajstić information content (AvgIpc) is 3.25. The summed E-state index contributed by atoms with van der Waals surface area (Å²) in [6, 6.07) is 13.1. The van der Waals surface area contributed by atoms with Gasteiger partial charge in [0.05, 0.1) is 23.8 Å². The highest BCUT2D eigenvalue weighted by molar-refractivity contribution is 7.91. The number of carbonyl (C=O) groups is 1. The Bertz CT molecular complexity index is 1360. The van der Waals surface area contributed by atoms with E-state index in [1.807, 2.05) is 6.92 Å². The summed E-state index contributed by atoms with van der Waals surface area (Å²) in [6.45, 7) is 2.07. The molecule has 0 unspecified atom stereocenters. The molecule has 0 atom stereocenters. The number of aromatic nitrogens is 3. The number of carbonyl (C=O) groups excluding carboxylic acids is 1. The van der Waals surface area contributed by atoms with Crippen LogP contribution in [0.5, 0.6) is 5.75 Å². The normalized spacial score (nSPS) is 11.4. The average molecular weight is 436 g/mol. The molecule has 8 nitrogen and oxygen atoms in total. The summed E-state index contributed by atoms with van der Waals surface area (Å²) in [5, 5.41) is 10.2. The number of methoxy groups -OCH3 is 1. The van der Waals surface area contributed by atoms with Crippen LogP contribution in [0, 0.1) is 6.92 Å². The van der Waals surface area contributed by atoms with Gasteiger partial charge in [0, 0.05) is 18.1 Å². The van der Waals surface area contributed by atoms with Crippen molar-refractivity contribution in [3.8, 4) is 5.75 Å². The van der Waals surface area contributed by atoms with Gasteiger partial charge in [-0.05, 0) is 48.4 Å². The minimum Gasteiger partial charge on any atom is -0.495 e. The summed E-state index contributed by atoms with van der Waals surface area (Å²) in [7, 11) is -2.30. The molecular formula is C22H20N4O4S. The molecule has 0 saturated heterocycles. The fourth-order valence-electron chi connectivity index (χ4n) is 3.15. The number of hydrogen-bond donors (Lipinski definition) is 2. The first-order valence-corrected chi connectivity index (χ1v) is 10.9. The van der Waals surface area contributed by atoms with Crippen molar-refractivity contribution >= 4 is 26.8 Å². The number of rotatable bonds is 6. The number of aryl methyl sites for hydroxylation is 1. The lowest BCUT2D eigenvalue weighted by Crippen LogP contribution is -2.22. The molecule has 9 heteroatoms. The maximum Gasteiger partial charge on any atom is 0.253 e. The summed E-state index contributed by atoms with van der Waals surface area (Å²) in [5.74, 6) is 0.0157. The van der Waals surface area contributed by atoms with Gasteiger partial charge >= 0.3 is 0 Å². The zero-order valence-corrected chi connectivity index (χ0v) is 17.7. The molecule has 1 amide bonds. The zero-order chi connectivity index (χ0) is 22.0. The van der Waals surface area contributed by atoms with Crippen LogP contribution >= 0.6 is 0 Å². The molecule has 0 bridgehead atoms. The van der Waals surface area contributed by atoms with Crippen molar-refractivity contribution in [2.24, 2.45) is 0 Å². The van der Waals surface area contributed by atoms with E-state index < -0.39 is 9.84 Å². The number of fused-ring (bicyclic) bond motifs is 1. The Labute approximate surface area is 179 Å². The number of benzene rings is 2. The van der Waals surface area contributed by atoms with Crippen LogP contribution in [0.1, 0.15) is 21.5 Å². The van der Waals surface area contributed by atoms with Gasteiger partial charge in [-0.25, -0.2) is 13.4 Å². The Morgan fingerprint density at radius 2 is 1.87 bits per heavy atom. The van der Waals surface area contributed by atoms with Crippen molar-refractivity contribution < 1.29 is 17.9 Å². The van der Waals surface area contributed by atoms with Crippen LogP contribution in [0.4, 0.5) is 0 Å². The van der Waals surface area contributed by atoms with Gasteiger partial charge in [-0.15, -0.1) is 0 Å². The van der Waals surface area contributed by atoms with Gasteiger partial charge < -0.3 is 10.1 Å². The van der Waals surface area contributed by atoms with Crippen molar-refractivity contribution in [2.45, 2.75) is 23.3 Å². The van der Waals surface area contributed by atoms with E-state index in [-0.39, 0.29) is 22.2 Å². The maximum absolute atomic E-state index is 13.0. The summed E-state index contributed by atoms with van der Waals surface area (Å²) in [4.78, 5) is 16.8. The van der Waals surface area contributed by atoms with E-state index in [0.29, 0.717) is 17.0 Å².